The van der Waals surface area contributed by atoms with Crippen LogP contribution in [-0.2, 0) is 26.2 Å². The van der Waals surface area contributed by atoms with Gasteiger partial charge in [0.2, 0.25) is 0 Å². The minimum absolute atomic E-state index is 0.0392. The third kappa shape index (κ3) is 5.75. The number of nitrogens with zero attached hydrogens (tertiary/aromatic N) is 7. The second-order valence-electron chi connectivity index (χ2n) is 12.6. The maximum atomic E-state index is 14.6. The number of aryl methyl sites for hydroxylation is 2. The first kappa shape index (κ1) is 30.9. The summed E-state index contributed by atoms with van der Waals surface area (Å²) in [5.74, 6) is 0.733. The zero-order chi connectivity index (χ0) is 33.0. The molecule has 5 heterocycles. The number of carbonyl (C=O) groups is 1. The maximum Gasteiger partial charge on any atom is 0.435 e. The lowest BCUT2D eigenvalue weighted by Crippen LogP contribution is -2.38. The second kappa shape index (κ2) is 11.8. The number of imidazole rings is 1. The number of hydrogen-bond acceptors (Lipinski definition) is 6. The number of anilines is 1. The second-order valence-corrected chi connectivity index (χ2v) is 12.6. The fourth-order valence-electron chi connectivity index (χ4n) is 7.12. The van der Waals surface area contributed by atoms with E-state index in [1.54, 1.807) is 42.9 Å². The van der Waals surface area contributed by atoms with E-state index in [1.165, 1.54) is 17.9 Å². The van der Waals surface area contributed by atoms with E-state index < -0.39 is 11.9 Å². The number of piperidine rings is 1. The van der Waals surface area contributed by atoms with Gasteiger partial charge in [0.25, 0.3) is 5.91 Å². The highest BCUT2D eigenvalue weighted by molar-refractivity contribution is 6.13. The molecule has 3 aromatic heterocycles. The number of rotatable bonds is 6. The zero-order valence-corrected chi connectivity index (χ0v) is 26.8. The Morgan fingerprint density at radius 2 is 1.77 bits per heavy atom. The number of ether oxygens (including phenoxy) is 1. The number of likely N-dealkylation sites (tertiary alicyclic amines) is 1. The molecule has 0 radical (unpaired) electrons. The summed E-state index contributed by atoms with van der Waals surface area (Å²) in [4.78, 5) is 27.7. The summed E-state index contributed by atoms with van der Waals surface area (Å²) >= 11 is 0. The Bertz CT molecular complexity index is 1980. The standard InChI is InChI=1S/C35H36F3N7O2/c1-21-13-31(29-17-24(47-4)16-26(32(29)40-21)23-5-9-42(2)10-6-23)45-11-7-25-27(30-19-43(3)41-33(30)35(36,37)38)14-22(15-28(25)34(45)46)18-44-12-8-39-20-44/h8,12-17,19-20,23H,5-7,9-11,18H2,1-4H3. The number of fused-ring (bicyclic) bond motifs is 2. The average Bonchev–Trinajstić information content (AvgIpc) is 3.70. The Morgan fingerprint density at radius 1 is 1.00 bits per heavy atom. The molecule has 244 valence electrons. The Morgan fingerprint density at radius 3 is 2.47 bits per heavy atom. The van der Waals surface area contributed by atoms with Crippen molar-refractivity contribution in [2.45, 2.75) is 44.8 Å². The summed E-state index contributed by atoms with van der Waals surface area (Å²) in [6, 6.07) is 9.48. The smallest absolute Gasteiger partial charge is 0.435 e. The number of hydrogen-bond donors (Lipinski definition) is 0. The maximum absolute atomic E-state index is 14.6. The van der Waals surface area contributed by atoms with E-state index in [-0.39, 0.29) is 11.5 Å². The lowest BCUT2D eigenvalue weighted by Gasteiger charge is -2.33. The largest absolute Gasteiger partial charge is 0.497 e. The number of aromatic nitrogens is 5. The zero-order valence-electron chi connectivity index (χ0n) is 26.8. The minimum atomic E-state index is -4.66. The fourth-order valence-corrected chi connectivity index (χ4v) is 7.12. The molecule has 0 unspecified atom stereocenters. The van der Waals surface area contributed by atoms with Crippen LogP contribution in [0, 0.1) is 6.92 Å². The SMILES string of the molecule is COc1cc(C2CCN(C)CC2)c2nc(C)cc(N3CCc4c(cc(Cn5ccnc5)cc4-c4cn(C)nc4C(F)(F)F)C3=O)c2c1. The van der Waals surface area contributed by atoms with Crippen LogP contribution in [0.2, 0.25) is 0 Å². The van der Waals surface area contributed by atoms with Crippen molar-refractivity contribution in [2.24, 2.45) is 7.05 Å². The van der Waals surface area contributed by atoms with Crippen LogP contribution in [-0.4, -0.2) is 68.9 Å². The first-order valence-electron chi connectivity index (χ1n) is 15.7. The molecule has 2 aliphatic heterocycles. The van der Waals surface area contributed by atoms with E-state index in [0.29, 0.717) is 53.4 Å². The number of pyridine rings is 1. The molecule has 0 aliphatic carbocycles. The van der Waals surface area contributed by atoms with Crippen molar-refractivity contribution in [3.8, 4) is 16.9 Å². The fraction of sp³-hybridized carbons (Fsp3) is 0.371. The van der Waals surface area contributed by atoms with Crippen molar-refractivity contribution in [1.82, 2.24) is 29.2 Å². The molecule has 12 heteroatoms. The van der Waals surface area contributed by atoms with Gasteiger partial charge in [-0.2, -0.15) is 18.3 Å². The summed E-state index contributed by atoms with van der Waals surface area (Å²) < 4.78 is 51.3. The summed E-state index contributed by atoms with van der Waals surface area (Å²) in [6.45, 7) is 4.53. The van der Waals surface area contributed by atoms with Crippen molar-refractivity contribution in [3.05, 3.63) is 88.9 Å². The molecular weight excluding hydrogens is 607 g/mol. The van der Waals surface area contributed by atoms with Gasteiger partial charge in [0, 0.05) is 60.9 Å². The quantitative estimate of drug-likeness (QED) is 0.218. The van der Waals surface area contributed by atoms with E-state index in [2.05, 4.69) is 28.1 Å². The number of benzene rings is 2. The first-order chi connectivity index (χ1) is 22.5. The van der Waals surface area contributed by atoms with Crippen molar-refractivity contribution in [2.75, 3.05) is 38.7 Å². The third-order valence-corrected chi connectivity index (χ3v) is 9.39. The van der Waals surface area contributed by atoms with Gasteiger partial charge in [-0.25, -0.2) is 4.98 Å². The van der Waals surface area contributed by atoms with Crippen LogP contribution >= 0.6 is 0 Å². The number of methoxy groups -OCH3 is 1. The van der Waals surface area contributed by atoms with Crippen LogP contribution in [0.15, 0.2) is 55.2 Å². The highest BCUT2D eigenvalue weighted by atomic mass is 19.4. The molecule has 1 amide bonds. The van der Waals surface area contributed by atoms with Crippen LogP contribution in [0.5, 0.6) is 5.75 Å². The molecule has 47 heavy (non-hydrogen) atoms. The van der Waals surface area contributed by atoms with Crippen LogP contribution in [0.1, 0.15) is 57.2 Å². The van der Waals surface area contributed by atoms with E-state index in [1.807, 2.05) is 23.6 Å². The molecule has 0 saturated carbocycles. The molecule has 7 rings (SSSR count). The van der Waals surface area contributed by atoms with Crippen molar-refractivity contribution >= 4 is 22.5 Å². The summed E-state index contributed by atoms with van der Waals surface area (Å²) in [6.07, 6.45) is 4.13. The van der Waals surface area contributed by atoms with Crippen LogP contribution < -0.4 is 9.64 Å². The molecule has 0 N–H and O–H groups in total. The summed E-state index contributed by atoms with van der Waals surface area (Å²) in [7, 11) is 5.24. The number of halogens is 3. The molecule has 2 aromatic carbocycles. The highest BCUT2D eigenvalue weighted by Crippen LogP contribution is 2.43. The first-order valence-corrected chi connectivity index (χ1v) is 15.7. The summed E-state index contributed by atoms with van der Waals surface area (Å²) in [5, 5.41) is 4.59. The van der Waals surface area contributed by atoms with Crippen LogP contribution in [0.25, 0.3) is 22.0 Å². The predicted molar refractivity (Wildman–Crippen MR) is 173 cm³/mol. The van der Waals surface area contributed by atoms with E-state index in [9.17, 15) is 18.0 Å². The third-order valence-electron chi connectivity index (χ3n) is 9.39. The molecule has 0 atom stereocenters. The molecular formula is C35H36F3N7O2. The number of carbonyl (C=O) groups excluding carboxylic acids is 1. The van der Waals surface area contributed by atoms with Gasteiger partial charge < -0.3 is 19.1 Å². The monoisotopic (exact) mass is 643 g/mol. The molecule has 9 nitrogen and oxygen atoms in total. The Balaban J connectivity index is 1.38. The normalized spacial score (nSPS) is 16.2. The van der Waals surface area contributed by atoms with Crippen LogP contribution in [0.3, 0.4) is 0 Å². The Labute approximate surface area is 270 Å². The van der Waals surface area contributed by atoms with Crippen molar-refractivity contribution in [3.63, 3.8) is 0 Å². The van der Waals surface area contributed by atoms with E-state index in [0.717, 1.165) is 53.8 Å². The highest BCUT2D eigenvalue weighted by Gasteiger charge is 2.39. The summed E-state index contributed by atoms with van der Waals surface area (Å²) in [5.41, 5.74) is 4.47. The Hall–Kier alpha value is -4.71. The van der Waals surface area contributed by atoms with Gasteiger partial charge in [-0.1, -0.05) is 0 Å². The lowest BCUT2D eigenvalue weighted by atomic mass is 9.86. The van der Waals surface area contributed by atoms with Gasteiger partial charge in [0.15, 0.2) is 5.69 Å². The van der Waals surface area contributed by atoms with E-state index in [4.69, 9.17) is 9.72 Å². The molecule has 5 aromatic rings. The van der Waals surface area contributed by atoms with Gasteiger partial charge >= 0.3 is 6.18 Å². The number of alkyl halides is 3. The molecule has 0 spiro atoms. The minimum Gasteiger partial charge on any atom is -0.497 e. The number of amides is 1. The van der Waals surface area contributed by atoms with Gasteiger partial charge in [0.1, 0.15) is 5.75 Å². The van der Waals surface area contributed by atoms with Gasteiger partial charge in [-0.05, 0) is 105 Å². The van der Waals surface area contributed by atoms with Crippen molar-refractivity contribution < 1.29 is 22.7 Å². The van der Waals surface area contributed by atoms with Gasteiger partial charge in [-0.3, -0.25) is 14.5 Å². The molecule has 2 aliphatic rings. The van der Waals surface area contributed by atoms with Gasteiger partial charge in [-0.15, -0.1) is 0 Å². The van der Waals surface area contributed by atoms with Gasteiger partial charge in [0.05, 0.1) is 24.6 Å². The predicted octanol–water partition coefficient (Wildman–Crippen LogP) is 6.23. The molecule has 1 saturated heterocycles. The molecule has 1 fully saturated rings. The average molecular weight is 644 g/mol. The van der Waals surface area contributed by atoms with E-state index >= 15 is 0 Å². The van der Waals surface area contributed by atoms with Crippen LogP contribution in [0.4, 0.5) is 18.9 Å². The topological polar surface area (TPSA) is 81.3 Å². The molecule has 0 bridgehead atoms. The lowest BCUT2D eigenvalue weighted by molar-refractivity contribution is -0.140. The Kier molecular flexibility index (Phi) is 7.78. The van der Waals surface area contributed by atoms with Crippen molar-refractivity contribution in [1.29, 1.82) is 0 Å².